The van der Waals surface area contributed by atoms with Crippen molar-refractivity contribution < 1.29 is 66.1 Å². The molecule has 0 saturated carbocycles. The molecule has 0 aliphatic heterocycles. The van der Waals surface area contributed by atoms with Gasteiger partial charge in [-0.2, -0.15) is 5.10 Å². The van der Waals surface area contributed by atoms with Crippen LogP contribution in [-0.2, 0) is 6.54 Å². The number of carbonyl (C=O) groups is 2. The Morgan fingerprint density at radius 2 is 1.83 bits per heavy atom. The van der Waals surface area contributed by atoms with Crippen molar-refractivity contribution in [1.29, 1.82) is 0 Å². The third-order valence-electron chi connectivity index (χ3n) is 4.74. The van der Waals surface area contributed by atoms with Gasteiger partial charge in [0.25, 0.3) is 11.8 Å². The number of nitrogens with zero attached hydrogens (tertiary/aromatic N) is 3. The Morgan fingerprint density at radius 1 is 1.08 bits per heavy atom. The van der Waals surface area contributed by atoms with Crippen LogP contribution < -0.4 is 67.2 Å². The van der Waals surface area contributed by atoms with Crippen LogP contribution in [-0.4, -0.2) is 27.5 Å². The molecule has 178 valence electrons. The summed E-state index contributed by atoms with van der Waals surface area (Å²) in [6.07, 6.45) is 4.64. The number of thiophene rings is 2. The maximum atomic E-state index is 12.9. The smallest absolute Gasteiger partial charge is 0.871 e. The van der Waals surface area contributed by atoms with Gasteiger partial charge in [-0.1, -0.05) is 35.0 Å². The number of aromatic nitrogens is 2. The van der Waals surface area contributed by atoms with Gasteiger partial charge in [0.2, 0.25) is 0 Å². The van der Waals surface area contributed by atoms with Crippen molar-refractivity contribution in [2.45, 2.75) is 13.5 Å². The molecule has 0 radical (unpaired) electrons. The minimum absolute atomic E-state index is 0. The average Bonchev–Trinajstić information content (AvgIpc) is 3.51. The van der Waals surface area contributed by atoms with Crippen LogP contribution in [0.5, 0.6) is 5.75 Å². The summed E-state index contributed by atoms with van der Waals surface area (Å²) in [5, 5.41) is 22.1. The van der Waals surface area contributed by atoms with Gasteiger partial charge in [0, 0.05) is 22.8 Å². The third kappa shape index (κ3) is 7.00. The Morgan fingerprint density at radius 3 is 2.53 bits per heavy atom. The minimum atomic E-state index is -0.491. The first-order chi connectivity index (χ1) is 16.8. The number of hydrazone groups is 1. The molecule has 0 atom stereocenters. The van der Waals surface area contributed by atoms with E-state index in [-0.39, 0.29) is 69.6 Å². The summed E-state index contributed by atoms with van der Waals surface area (Å²) in [5.74, 6) is -1.04. The van der Waals surface area contributed by atoms with E-state index in [1.165, 1.54) is 23.6 Å². The molecule has 4 rings (SSSR count). The van der Waals surface area contributed by atoms with Crippen molar-refractivity contribution in [2.24, 2.45) is 5.10 Å². The van der Waals surface area contributed by atoms with Crippen LogP contribution in [0.3, 0.4) is 0 Å². The zero-order valence-corrected chi connectivity index (χ0v) is 25.3. The first-order valence-electron chi connectivity index (χ1n) is 10.1. The summed E-state index contributed by atoms with van der Waals surface area (Å²) in [6.45, 7) is 1.85. The van der Waals surface area contributed by atoms with E-state index < -0.39 is 5.91 Å². The second-order valence-corrected chi connectivity index (χ2v) is 9.90. The molecule has 0 aliphatic carbocycles. The number of rotatable bonds is 7. The van der Waals surface area contributed by atoms with E-state index in [9.17, 15) is 14.7 Å². The van der Waals surface area contributed by atoms with Crippen LogP contribution in [0.25, 0.3) is 10.4 Å². The molecule has 0 unspecified atom stereocenters. The molecule has 0 spiro atoms. The number of carbonyl (C=O) groups excluding carboxylic acids is 2. The Balaban J connectivity index is 0.00000361. The topological polar surface area (TPSA) is 119 Å². The van der Waals surface area contributed by atoms with Crippen molar-refractivity contribution in [3.8, 4) is 16.2 Å². The molecule has 8 nitrogen and oxygen atoms in total. The summed E-state index contributed by atoms with van der Waals surface area (Å²) < 4.78 is 0. The zero-order chi connectivity index (χ0) is 24.9. The van der Waals surface area contributed by atoms with E-state index in [2.05, 4.69) is 25.8 Å². The molecule has 1 aromatic carbocycles. The standard InChI is InChI=1S/C23H17Cl2N5O3S2.K/c1-12(15-11-34-21(20(15)31)13-2-3-16(24)17(25)8-13)29-30-23(33)19-5-4-18(35-19)22(32)28-10-14-9-26-6-7-27-14;/h2-9,11,31H,10H2,1H3,(H,28,32)(H,30,33);/q;+1/p-1/b29-12+;. The van der Waals surface area contributed by atoms with Gasteiger partial charge in [-0.15, -0.1) is 22.7 Å². The monoisotopic (exact) mass is 583 g/mol. The van der Waals surface area contributed by atoms with Gasteiger partial charge in [0.05, 0.1) is 43.9 Å². The molecule has 36 heavy (non-hydrogen) atoms. The molecule has 0 saturated heterocycles. The van der Waals surface area contributed by atoms with Crippen LogP contribution >= 0.6 is 45.9 Å². The van der Waals surface area contributed by atoms with Crippen molar-refractivity contribution >= 4 is 63.4 Å². The number of hydrogen-bond donors (Lipinski definition) is 2. The van der Waals surface area contributed by atoms with Crippen molar-refractivity contribution in [1.82, 2.24) is 20.7 Å². The van der Waals surface area contributed by atoms with Gasteiger partial charge in [0.15, 0.2) is 0 Å². The normalized spacial score (nSPS) is 11.0. The first kappa shape index (κ1) is 28.9. The molecule has 0 fully saturated rings. The minimum Gasteiger partial charge on any atom is -0.871 e. The van der Waals surface area contributed by atoms with Crippen LogP contribution in [0.15, 0.2) is 59.4 Å². The second-order valence-electron chi connectivity index (χ2n) is 7.12. The first-order valence-corrected chi connectivity index (χ1v) is 12.5. The molecule has 4 aromatic rings. The van der Waals surface area contributed by atoms with Gasteiger partial charge in [-0.05, 0) is 42.1 Å². The molecular formula is C23H16Cl2KN5O3S2. The van der Waals surface area contributed by atoms with Crippen LogP contribution in [0, 0.1) is 0 Å². The Labute approximate surface area is 267 Å². The van der Waals surface area contributed by atoms with E-state index in [4.69, 9.17) is 23.2 Å². The summed E-state index contributed by atoms with van der Waals surface area (Å²) in [6, 6.07) is 8.07. The van der Waals surface area contributed by atoms with E-state index in [0.29, 0.717) is 47.2 Å². The summed E-state index contributed by atoms with van der Waals surface area (Å²) in [5.41, 5.74) is 4.43. The molecule has 0 aliphatic rings. The fraction of sp³-hybridized carbons (Fsp3) is 0.0870. The molecule has 3 aromatic heterocycles. The number of hydrogen-bond acceptors (Lipinski definition) is 8. The van der Waals surface area contributed by atoms with E-state index >= 15 is 0 Å². The average molecular weight is 585 g/mol. The van der Waals surface area contributed by atoms with Crippen LogP contribution in [0.4, 0.5) is 0 Å². The van der Waals surface area contributed by atoms with E-state index in [1.54, 1.807) is 49.0 Å². The zero-order valence-electron chi connectivity index (χ0n) is 19.0. The predicted octanol–water partition coefficient (Wildman–Crippen LogP) is 1.74. The fourth-order valence-corrected chi connectivity index (χ4v) is 5.05. The van der Waals surface area contributed by atoms with Crippen LogP contribution in [0.1, 0.15) is 37.5 Å². The molecular weight excluding hydrogens is 568 g/mol. The van der Waals surface area contributed by atoms with Crippen molar-refractivity contribution in [3.05, 3.63) is 85.4 Å². The molecule has 2 N–H and O–H groups in total. The van der Waals surface area contributed by atoms with Gasteiger partial charge in [-0.25, -0.2) is 5.43 Å². The molecule has 3 heterocycles. The summed E-state index contributed by atoms with van der Waals surface area (Å²) in [4.78, 5) is 34.1. The fourth-order valence-electron chi connectivity index (χ4n) is 2.94. The molecule has 0 bridgehead atoms. The maximum absolute atomic E-state index is 12.9. The number of benzene rings is 1. The van der Waals surface area contributed by atoms with Crippen LogP contribution in [0.2, 0.25) is 10.0 Å². The van der Waals surface area contributed by atoms with Crippen molar-refractivity contribution in [3.63, 3.8) is 0 Å². The largest absolute Gasteiger partial charge is 1.00 e. The molecule has 13 heteroatoms. The second kappa shape index (κ2) is 13.2. The Hall–Kier alpha value is -1.67. The predicted molar refractivity (Wildman–Crippen MR) is 136 cm³/mol. The SMILES string of the molecule is C/C(=N\NC(=O)c1ccc(C(=O)NCc2cnccn2)s1)c1csc(-c2ccc(Cl)c(Cl)c2)c1[O-].[K+]. The van der Waals surface area contributed by atoms with Crippen molar-refractivity contribution in [2.75, 3.05) is 0 Å². The maximum Gasteiger partial charge on any atom is 1.00 e. The van der Waals surface area contributed by atoms with Gasteiger partial charge < -0.3 is 10.4 Å². The number of nitrogens with one attached hydrogen (secondary N) is 2. The Bertz CT molecular complexity index is 1430. The van der Waals surface area contributed by atoms with E-state index in [0.717, 1.165) is 11.3 Å². The number of halogens is 2. The Kier molecular flexibility index (Phi) is 10.6. The summed E-state index contributed by atoms with van der Waals surface area (Å²) >= 11 is 14.3. The third-order valence-corrected chi connectivity index (χ3v) is 7.57. The van der Waals surface area contributed by atoms with Gasteiger partial charge in [0.1, 0.15) is 0 Å². The quantitative estimate of drug-likeness (QED) is 0.195. The van der Waals surface area contributed by atoms with Gasteiger partial charge >= 0.3 is 51.4 Å². The molecule has 2 amide bonds. The van der Waals surface area contributed by atoms with E-state index in [1.807, 2.05) is 0 Å². The summed E-state index contributed by atoms with van der Waals surface area (Å²) in [7, 11) is 0. The number of amides is 2. The van der Waals surface area contributed by atoms with Gasteiger partial charge in [-0.3, -0.25) is 19.6 Å².